The highest BCUT2D eigenvalue weighted by molar-refractivity contribution is 5.79. The van der Waals surface area contributed by atoms with Crippen molar-refractivity contribution in [3.63, 3.8) is 0 Å². The van der Waals surface area contributed by atoms with Crippen LogP contribution in [0.25, 0.3) is 0 Å². The number of carboxylic acids is 1. The van der Waals surface area contributed by atoms with Gasteiger partial charge in [-0.25, -0.2) is 0 Å². The molecule has 74 valence electrons. The SMILES string of the molecule is COC(=O)[C@]1(C)CC[C@H](C(=O)O)C1. The second-order valence-electron chi connectivity index (χ2n) is 3.83. The number of esters is 1. The van der Waals surface area contributed by atoms with Gasteiger partial charge in [-0.2, -0.15) is 0 Å². The lowest BCUT2D eigenvalue weighted by atomic mass is 9.88. The summed E-state index contributed by atoms with van der Waals surface area (Å²) < 4.78 is 4.63. The molecule has 0 aromatic carbocycles. The number of carbonyl (C=O) groups is 2. The number of hydrogen-bond donors (Lipinski definition) is 1. The lowest BCUT2D eigenvalue weighted by Gasteiger charge is -2.19. The van der Waals surface area contributed by atoms with Crippen molar-refractivity contribution in [1.29, 1.82) is 0 Å². The fourth-order valence-electron chi connectivity index (χ4n) is 1.88. The van der Waals surface area contributed by atoms with E-state index >= 15 is 0 Å². The standard InChI is InChI=1S/C9H14O4/c1-9(8(12)13-2)4-3-6(5-9)7(10)11/h6H,3-5H2,1-2H3,(H,10,11)/t6-,9+/m0/s1. The summed E-state index contributed by atoms with van der Waals surface area (Å²) in [6.45, 7) is 1.77. The van der Waals surface area contributed by atoms with Gasteiger partial charge in [0.1, 0.15) is 0 Å². The van der Waals surface area contributed by atoms with Crippen LogP contribution in [0.4, 0.5) is 0 Å². The van der Waals surface area contributed by atoms with Crippen LogP contribution in [-0.4, -0.2) is 24.2 Å². The molecule has 1 fully saturated rings. The van der Waals surface area contributed by atoms with Crippen molar-refractivity contribution < 1.29 is 19.4 Å². The molecule has 0 heterocycles. The Kier molecular flexibility index (Phi) is 2.59. The van der Waals surface area contributed by atoms with E-state index in [1.807, 2.05) is 0 Å². The Morgan fingerprint density at radius 2 is 2.15 bits per heavy atom. The van der Waals surface area contributed by atoms with Crippen LogP contribution in [0.5, 0.6) is 0 Å². The van der Waals surface area contributed by atoms with Gasteiger partial charge in [0.2, 0.25) is 0 Å². The molecule has 4 nitrogen and oxygen atoms in total. The van der Waals surface area contributed by atoms with Gasteiger partial charge in [-0.1, -0.05) is 0 Å². The highest BCUT2D eigenvalue weighted by Crippen LogP contribution is 2.42. The molecule has 0 radical (unpaired) electrons. The Morgan fingerprint density at radius 3 is 2.54 bits per heavy atom. The maximum absolute atomic E-state index is 11.3. The van der Waals surface area contributed by atoms with Crippen LogP contribution < -0.4 is 0 Å². The maximum Gasteiger partial charge on any atom is 0.311 e. The zero-order valence-corrected chi connectivity index (χ0v) is 7.87. The van der Waals surface area contributed by atoms with Gasteiger partial charge in [-0.3, -0.25) is 9.59 Å². The first kappa shape index (κ1) is 10.0. The normalized spacial score (nSPS) is 32.9. The topological polar surface area (TPSA) is 63.6 Å². The van der Waals surface area contributed by atoms with Crippen molar-refractivity contribution in [2.75, 3.05) is 7.11 Å². The van der Waals surface area contributed by atoms with Gasteiger partial charge in [0.25, 0.3) is 0 Å². The number of methoxy groups -OCH3 is 1. The van der Waals surface area contributed by atoms with E-state index in [-0.39, 0.29) is 11.9 Å². The summed E-state index contributed by atoms with van der Waals surface area (Å²) in [5, 5.41) is 8.75. The minimum Gasteiger partial charge on any atom is -0.481 e. The molecule has 0 bridgehead atoms. The van der Waals surface area contributed by atoms with Crippen molar-refractivity contribution in [1.82, 2.24) is 0 Å². The van der Waals surface area contributed by atoms with E-state index in [4.69, 9.17) is 5.11 Å². The zero-order chi connectivity index (χ0) is 10.1. The largest absolute Gasteiger partial charge is 0.481 e. The molecule has 1 aliphatic rings. The summed E-state index contributed by atoms with van der Waals surface area (Å²) in [6, 6.07) is 0. The van der Waals surface area contributed by atoms with Gasteiger partial charge in [0, 0.05) is 0 Å². The average molecular weight is 186 g/mol. The lowest BCUT2D eigenvalue weighted by Crippen LogP contribution is -2.26. The van der Waals surface area contributed by atoms with Crippen LogP contribution in [0.2, 0.25) is 0 Å². The zero-order valence-electron chi connectivity index (χ0n) is 7.87. The number of hydrogen-bond acceptors (Lipinski definition) is 3. The number of carboxylic acid groups (broad SMARTS) is 1. The van der Waals surface area contributed by atoms with Gasteiger partial charge in [0.15, 0.2) is 0 Å². The van der Waals surface area contributed by atoms with Gasteiger partial charge in [0.05, 0.1) is 18.4 Å². The predicted molar refractivity (Wildman–Crippen MR) is 45.1 cm³/mol. The number of carbonyl (C=O) groups excluding carboxylic acids is 1. The third kappa shape index (κ3) is 1.82. The second kappa shape index (κ2) is 3.36. The van der Waals surface area contributed by atoms with Crippen molar-refractivity contribution in [3.05, 3.63) is 0 Å². The minimum absolute atomic E-state index is 0.295. The molecule has 0 amide bonds. The second-order valence-corrected chi connectivity index (χ2v) is 3.83. The van der Waals surface area contributed by atoms with Gasteiger partial charge < -0.3 is 9.84 Å². The van der Waals surface area contributed by atoms with E-state index < -0.39 is 11.4 Å². The third-order valence-corrected chi connectivity index (χ3v) is 2.77. The highest BCUT2D eigenvalue weighted by atomic mass is 16.5. The van der Waals surface area contributed by atoms with Gasteiger partial charge in [-0.15, -0.1) is 0 Å². The average Bonchev–Trinajstić information content (AvgIpc) is 2.48. The number of aliphatic carboxylic acids is 1. The van der Waals surface area contributed by atoms with Crippen LogP contribution in [0, 0.1) is 11.3 Å². The Balaban J connectivity index is 2.66. The van der Waals surface area contributed by atoms with Crippen molar-refractivity contribution in [2.24, 2.45) is 11.3 Å². The number of ether oxygens (including phenoxy) is 1. The molecule has 1 rings (SSSR count). The van der Waals surface area contributed by atoms with Crippen molar-refractivity contribution in [2.45, 2.75) is 26.2 Å². The molecule has 1 aliphatic carbocycles. The Labute approximate surface area is 76.9 Å². The molecule has 1 N–H and O–H groups in total. The van der Waals surface area contributed by atoms with Gasteiger partial charge >= 0.3 is 11.9 Å². The molecular weight excluding hydrogens is 172 g/mol. The van der Waals surface area contributed by atoms with Gasteiger partial charge in [-0.05, 0) is 26.2 Å². The molecular formula is C9H14O4. The summed E-state index contributed by atoms with van der Waals surface area (Å²) in [7, 11) is 1.33. The first-order valence-corrected chi connectivity index (χ1v) is 4.31. The molecule has 0 aromatic heterocycles. The van der Waals surface area contributed by atoms with Crippen LogP contribution in [0.3, 0.4) is 0 Å². The first-order valence-electron chi connectivity index (χ1n) is 4.31. The summed E-state index contributed by atoms with van der Waals surface area (Å²) in [6.07, 6.45) is 1.58. The molecule has 2 atom stereocenters. The molecule has 0 spiro atoms. The first-order chi connectivity index (χ1) is 5.99. The molecule has 4 heteroatoms. The Hall–Kier alpha value is -1.06. The van der Waals surface area contributed by atoms with Crippen LogP contribution in [-0.2, 0) is 14.3 Å². The molecule has 0 saturated heterocycles. The predicted octanol–water partition coefficient (Wildman–Crippen LogP) is 1.05. The van der Waals surface area contributed by atoms with Crippen LogP contribution in [0.1, 0.15) is 26.2 Å². The smallest absolute Gasteiger partial charge is 0.311 e. The van der Waals surface area contributed by atoms with E-state index in [9.17, 15) is 9.59 Å². The maximum atomic E-state index is 11.3. The summed E-state index contributed by atoms with van der Waals surface area (Å²) >= 11 is 0. The highest BCUT2D eigenvalue weighted by Gasteiger charge is 2.44. The molecule has 0 unspecified atom stereocenters. The quantitative estimate of drug-likeness (QED) is 0.655. The molecule has 0 aromatic rings. The van der Waals surface area contributed by atoms with E-state index in [1.165, 1.54) is 7.11 Å². The fourth-order valence-corrected chi connectivity index (χ4v) is 1.88. The molecule has 1 saturated carbocycles. The van der Waals surface area contributed by atoms with Crippen molar-refractivity contribution >= 4 is 11.9 Å². The summed E-state index contributed by atoms with van der Waals surface area (Å²) in [5.74, 6) is -1.49. The monoisotopic (exact) mass is 186 g/mol. The fraction of sp³-hybridized carbons (Fsp3) is 0.778. The summed E-state index contributed by atoms with van der Waals surface area (Å²) in [4.78, 5) is 21.9. The van der Waals surface area contributed by atoms with E-state index in [2.05, 4.69) is 4.74 Å². The molecule has 0 aliphatic heterocycles. The van der Waals surface area contributed by atoms with Crippen LogP contribution >= 0.6 is 0 Å². The third-order valence-electron chi connectivity index (χ3n) is 2.77. The minimum atomic E-state index is -0.812. The van der Waals surface area contributed by atoms with E-state index in [1.54, 1.807) is 6.92 Å². The Bertz CT molecular complexity index is 236. The molecule has 13 heavy (non-hydrogen) atoms. The van der Waals surface area contributed by atoms with E-state index in [0.29, 0.717) is 19.3 Å². The Morgan fingerprint density at radius 1 is 1.54 bits per heavy atom. The van der Waals surface area contributed by atoms with E-state index in [0.717, 1.165) is 0 Å². The van der Waals surface area contributed by atoms with Crippen molar-refractivity contribution in [3.8, 4) is 0 Å². The number of rotatable bonds is 2. The van der Waals surface area contributed by atoms with Crippen LogP contribution in [0.15, 0.2) is 0 Å². The lowest BCUT2D eigenvalue weighted by molar-refractivity contribution is -0.152. The summed E-state index contributed by atoms with van der Waals surface area (Å²) in [5.41, 5.74) is -0.586.